The van der Waals surface area contributed by atoms with Crippen molar-refractivity contribution in [3.8, 4) is 0 Å². The van der Waals surface area contributed by atoms with Crippen LogP contribution in [0.3, 0.4) is 0 Å². The third kappa shape index (κ3) is 7.08. The summed E-state index contributed by atoms with van der Waals surface area (Å²) in [5, 5.41) is 8.86. The van der Waals surface area contributed by atoms with Crippen LogP contribution in [0.5, 0.6) is 0 Å². The van der Waals surface area contributed by atoms with Gasteiger partial charge in [0.05, 0.1) is 12.5 Å². The molecule has 0 spiro atoms. The SMILES string of the molecule is CC(O)COC(=O)CCC(=O)C(C)(C)C. The first-order valence-corrected chi connectivity index (χ1v) is 5.10. The van der Waals surface area contributed by atoms with E-state index in [1.165, 1.54) is 6.92 Å². The highest BCUT2D eigenvalue weighted by Gasteiger charge is 2.21. The van der Waals surface area contributed by atoms with Crippen molar-refractivity contribution in [3.05, 3.63) is 0 Å². The van der Waals surface area contributed by atoms with E-state index in [0.29, 0.717) is 0 Å². The molecule has 1 N–H and O–H groups in total. The Labute approximate surface area is 90.6 Å². The number of carbonyl (C=O) groups is 2. The fraction of sp³-hybridized carbons (Fsp3) is 0.818. The normalized spacial score (nSPS) is 13.4. The van der Waals surface area contributed by atoms with E-state index in [1.807, 2.05) is 20.8 Å². The first-order valence-electron chi connectivity index (χ1n) is 5.10. The van der Waals surface area contributed by atoms with Gasteiger partial charge in [0.1, 0.15) is 12.4 Å². The Morgan fingerprint density at radius 2 is 1.80 bits per heavy atom. The molecule has 0 saturated heterocycles. The van der Waals surface area contributed by atoms with Crippen LogP contribution in [0, 0.1) is 5.41 Å². The molecule has 0 aliphatic rings. The van der Waals surface area contributed by atoms with Gasteiger partial charge in [-0.15, -0.1) is 0 Å². The molecule has 1 unspecified atom stereocenters. The Morgan fingerprint density at radius 3 is 2.20 bits per heavy atom. The summed E-state index contributed by atoms with van der Waals surface area (Å²) in [4.78, 5) is 22.5. The minimum Gasteiger partial charge on any atom is -0.463 e. The standard InChI is InChI=1S/C11H20O4/c1-8(12)7-15-10(14)6-5-9(13)11(2,3)4/h8,12H,5-7H2,1-4H3. The Morgan fingerprint density at radius 1 is 1.27 bits per heavy atom. The second kappa shape index (κ2) is 5.85. The van der Waals surface area contributed by atoms with Gasteiger partial charge in [0, 0.05) is 11.8 Å². The molecule has 4 heteroatoms. The molecule has 0 amide bonds. The van der Waals surface area contributed by atoms with Gasteiger partial charge in [-0.3, -0.25) is 9.59 Å². The lowest BCUT2D eigenvalue weighted by Gasteiger charge is -2.15. The predicted octanol–water partition coefficient (Wildman–Crippen LogP) is 1.31. The average Bonchev–Trinajstić information content (AvgIpc) is 2.09. The Balaban J connectivity index is 3.77. The predicted molar refractivity (Wildman–Crippen MR) is 56.3 cm³/mol. The third-order valence-corrected chi connectivity index (χ3v) is 1.88. The quantitative estimate of drug-likeness (QED) is 0.704. The van der Waals surface area contributed by atoms with Gasteiger partial charge in [0.15, 0.2) is 0 Å². The Kier molecular flexibility index (Phi) is 5.50. The molecule has 0 aromatic carbocycles. The maximum atomic E-state index is 11.4. The van der Waals surface area contributed by atoms with Crippen molar-refractivity contribution in [2.45, 2.75) is 46.6 Å². The van der Waals surface area contributed by atoms with Crippen molar-refractivity contribution in [1.29, 1.82) is 0 Å². The van der Waals surface area contributed by atoms with Gasteiger partial charge >= 0.3 is 5.97 Å². The highest BCUT2D eigenvalue weighted by Crippen LogP contribution is 2.17. The first-order chi connectivity index (χ1) is 6.73. The fourth-order valence-corrected chi connectivity index (χ4v) is 0.876. The summed E-state index contributed by atoms with van der Waals surface area (Å²) in [7, 11) is 0. The van der Waals surface area contributed by atoms with Crippen molar-refractivity contribution in [2.75, 3.05) is 6.61 Å². The number of ether oxygens (including phenoxy) is 1. The molecule has 0 aromatic rings. The largest absolute Gasteiger partial charge is 0.463 e. The van der Waals surface area contributed by atoms with Crippen LogP contribution >= 0.6 is 0 Å². The molecule has 88 valence electrons. The van der Waals surface area contributed by atoms with E-state index < -0.39 is 17.5 Å². The molecule has 1 atom stereocenters. The summed E-state index contributed by atoms with van der Waals surface area (Å²) in [5.41, 5.74) is -0.412. The van der Waals surface area contributed by atoms with Gasteiger partial charge in [-0.05, 0) is 6.92 Å². The van der Waals surface area contributed by atoms with Crippen LogP contribution in [0.1, 0.15) is 40.5 Å². The summed E-state index contributed by atoms with van der Waals surface area (Å²) in [5.74, 6) is -0.398. The highest BCUT2D eigenvalue weighted by atomic mass is 16.5. The summed E-state index contributed by atoms with van der Waals surface area (Å²) < 4.78 is 4.73. The summed E-state index contributed by atoms with van der Waals surface area (Å²) in [6, 6.07) is 0. The zero-order valence-electron chi connectivity index (χ0n) is 9.87. The van der Waals surface area contributed by atoms with Gasteiger partial charge in [0.25, 0.3) is 0 Å². The lowest BCUT2D eigenvalue weighted by Crippen LogP contribution is -2.22. The van der Waals surface area contributed by atoms with Gasteiger partial charge in [0.2, 0.25) is 0 Å². The topological polar surface area (TPSA) is 63.6 Å². The first kappa shape index (κ1) is 14.1. The molecular formula is C11H20O4. The number of hydrogen-bond acceptors (Lipinski definition) is 4. The van der Waals surface area contributed by atoms with E-state index in [1.54, 1.807) is 0 Å². The minimum atomic E-state index is -0.660. The molecule has 0 aromatic heterocycles. The van der Waals surface area contributed by atoms with E-state index in [2.05, 4.69) is 0 Å². The Bertz CT molecular complexity index is 225. The van der Waals surface area contributed by atoms with E-state index in [9.17, 15) is 9.59 Å². The number of ketones is 1. The maximum absolute atomic E-state index is 11.4. The lowest BCUT2D eigenvalue weighted by molar-refractivity contribution is -0.147. The van der Waals surface area contributed by atoms with Crippen LogP contribution in [-0.2, 0) is 14.3 Å². The summed E-state index contributed by atoms with van der Waals surface area (Å²) >= 11 is 0. The van der Waals surface area contributed by atoms with Crippen LogP contribution in [0.2, 0.25) is 0 Å². The van der Waals surface area contributed by atoms with Gasteiger partial charge in [-0.2, -0.15) is 0 Å². The number of carbonyl (C=O) groups excluding carboxylic acids is 2. The van der Waals surface area contributed by atoms with Gasteiger partial charge < -0.3 is 9.84 Å². The molecule has 0 rings (SSSR count). The zero-order valence-corrected chi connectivity index (χ0v) is 9.87. The van der Waals surface area contributed by atoms with Gasteiger partial charge in [-0.25, -0.2) is 0 Å². The van der Waals surface area contributed by atoms with E-state index in [0.717, 1.165) is 0 Å². The molecule has 0 saturated carbocycles. The molecule has 4 nitrogen and oxygen atoms in total. The Hall–Kier alpha value is -0.900. The fourth-order valence-electron chi connectivity index (χ4n) is 0.876. The minimum absolute atomic E-state index is 0.0114. The molecule has 0 bridgehead atoms. The van der Waals surface area contributed by atoms with Crippen molar-refractivity contribution < 1.29 is 19.4 Å². The van der Waals surface area contributed by atoms with E-state index in [4.69, 9.17) is 9.84 Å². The number of esters is 1. The van der Waals surface area contributed by atoms with Crippen LogP contribution in [0.4, 0.5) is 0 Å². The smallest absolute Gasteiger partial charge is 0.306 e. The van der Waals surface area contributed by atoms with Crippen LogP contribution in [-0.4, -0.2) is 29.6 Å². The van der Waals surface area contributed by atoms with Gasteiger partial charge in [-0.1, -0.05) is 20.8 Å². The molecule has 15 heavy (non-hydrogen) atoms. The summed E-state index contributed by atoms with van der Waals surface area (Å²) in [6.45, 7) is 6.97. The van der Waals surface area contributed by atoms with Crippen LogP contribution in [0.25, 0.3) is 0 Å². The third-order valence-electron chi connectivity index (χ3n) is 1.88. The van der Waals surface area contributed by atoms with Crippen LogP contribution < -0.4 is 0 Å². The van der Waals surface area contributed by atoms with E-state index in [-0.39, 0.29) is 25.2 Å². The van der Waals surface area contributed by atoms with Crippen LogP contribution in [0.15, 0.2) is 0 Å². The van der Waals surface area contributed by atoms with Crippen molar-refractivity contribution >= 4 is 11.8 Å². The lowest BCUT2D eigenvalue weighted by atomic mass is 9.88. The number of Topliss-reactive ketones (excluding diaryl/α,β-unsaturated/α-hetero) is 1. The number of hydrogen-bond donors (Lipinski definition) is 1. The molecule has 0 aliphatic carbocycles. The van der Waals surface area contributed by atoms with E-state index >= 15 is 0 Å². The van der Waals surface area contributed by atoms with Crippen molar-refractivity contribution in [2.24, 2.45) is 5.41 Å². The molecule has 0 radical (unpaired) electrons. The number of aliphatic hydroxyl groups is 1. The number of aliphatic hydroxyl groups excluding tert-OH is 1. The monoisotopic (exact) mass is 216 g/mol. The van der Waals surface area contributed by atoms with Crippen molar-refractivity contribution in [1.82, 2.24) is 0 Å². The number of rotatable bonds is 5. The second-order valence-electron chi connectivity index (χ2n) is 4.71. The maximum Gasteiger partial charge on any atom is 0.306 e. The molecular weight excluding hydrogens is 196 g/mol. The second-order valence-corrected chi connectivity index (χ2v) is 4.71. The average molecular weight is 216 g/mol. The molecule has 0 fully saturated rings. The highest BCUT2D eigenvalue weighted by molar-refractivity contribution is 5.86. The molecule has 0 aliphatic heterocycles. The zero-order chi connectivity index (χ0) is 12.1. The molecule has 0 heterocycles. The summed E-state index contributed by atoms with van der Waals surface area (Å²) in [6.07, 6.45) is -0.377. The van der Waals surface area contributed by atoms with Crippen molar-refractivity contribution in [3.63, 3.8) is 0 Å².